The van der Waals surface area contributed by atoms with E-state index in [0.717, 1.165) is 25.0 Å². The Balaban J connectivity index is 1.69. The number of rotatable bonds is 3. The fourth-order valence-electron chi connectivity index (χ4n) is 2.77. The van der Waals surface area contributed by atoms with E-state index in [4.69, 9.17) is 0 Å². The summed E-state index contributed by atoms with van der Waals surface area (Å²) in [5.74, 6) is 0.423. The van der Waals surface area contributed by atoms with Crippen LogP contribution >= 0.6 is 0 Å². The average Bonchev–Trinajstić information content (AvgIpc) is 2.83. The zero-order valence-corrected chi connectivity index (χ0v) is 11.0. The molecule has 4 nitrogen and oxygen atoms in total. The van der Waals surface area contributed by atoms with Crippen LogP contribution < -0.4 is 0 Å². The molecule has 3 rings (SSSR count). The van der Waals surface area contributed by atoms with Crippen molar-refractivity contribution < 1.29 is 4.79 Å². The Morgan fingerprint density at radius 2 is 2.16 bits per heavy atom. The first-order chi connectivity index (χ1) is 9.22. The zero-order valence-electron chi connectivity index (χ0n) is 11.0. The van der Waals surface area contributed by atoms with E-state index < -0.39 is 0 Å². The monoisotopic (exact) mass is 255 g/mol. The summed E-state index contributed by atoms with van der Waals surface area (Å²) in [6.45, 7) is 0. The molecular weight excluding hydrogens is 238 g/mol. The van der Waals surface area contributed by atoms with Crippen LogP contribution in [0, 0.1) is 5.92 Å². The van der Waals surface area contributed by atoms with Crippen LogP contribution in [0.25, 0.3) is 0 Å². The smallest absolute Gasteiger partial charge is 0.142 e. The van der Waals surface area contributed by atoms with Gasteiger partial charge in [-0.3, -0.25) is 9.48 Å². The Morgan fingerprint density at radius 3 is 2.89 bits per heavy atom. The molecule has 0 bridgehead atoms. The lowest BCUT2D eigenvalue weighted by Crippen LogP contribution is -2.24. The van der Waals surface area contributed by atoms with Crippen LogP contribution in [0.1, 0.15) is 23.2 Å². The zero-order chi connectivity index (χ0) is 13.2. The second-order valence-corrected chi connectivity index (χ2v) is 5.24. The van der Waals surface area contributed by atoms with Crippen LogP contribution in [0.5, 0.6) is 0 Å². The third-order valence-corrected chi connectivity index (χ3v) is 3.81. The summed E-state index contributed by atoms with van der Waals surface area (Å²) in [5.41, 5.74) is 3.49. The van der Waals surface area contributed by atoms with E-state index in [9.17, 15) is 4.79 Å². The highest BCUT2D eigenvalue weighted by molar-refractivity contribution is 5.83. The molecule has 1 atom stereocenters. The van der Waals surface area contributed by atoms with Gasteiger partial charge in [0.25, 0.3) is 0 Å². The Labute approximate surface area is 112 Å². The molecule has 0 saturated carbocycles. The molecule has 2 aromatic rings. The van der Waals surface area contributed by atoms with E-state index in [0.29, 0.717) is 6.42 Å². The second kappa shape index (κ2) is 4.96. The topological polar surface area (TPSA) is 47.8 Å². The van der Waals surface area contributed by atoms with Crippen molar-refractivity contribution in [3.63, 3.8) is 0 Å². The molecule has 4 heteroatoms. The van der Waals surface area contributed by atoms with Gasteiger partial charge >= 0.3 is 0 Å². The van der Waals surface area contributed by atoms with E-state index in [1.54, 1.807) is 4.68 Å². The molecule has 19 heavy (non-hydrogen) atoms. The molecule has 1 unspecified atom stereocenters. The molecule has 0 fully saturated rings. The second-order valence-electron chi connectivity index (χ2n) is 5.24. The number of aromatic nitrogens is 3. The first-order valence-corrected chi connectivity index (χ1v) is 6.67. The third kappa shape index (κ3) is 2.57. The lowest BCUT2D eigenvalue weighted by molar-refractivity contribution is -0.122. The summed E-state index contributed by atoms with van der Waals surface area (Å²) in [6.07, 6.45) is 5.05. The number of Topliss-reactive ketones (excluding diaryl/α,β-unsaturated/α-hetero) is 1. The Morgan fingerprint density at radius 1 is 1.37 bits per heavy atom. The van der Waals surface area contributed by atoms with Crippen molar-refractivity contribution in [1.82, 2.24) is 15.0 Å². The molecule has 0 saturated heterocycles. The van der Waals surface area contributed by atoms with Crippen molar-refractivity contribution in [1.29, 1.82) is 0 Å². The number of nitrogens with zero attached hydrogens (tertiary/aromatic N) is 3. The quantitative estimate of drug-likeness (QED) is 0.839. The summed E-state index contributed by atoms with van der Waals surface area (Å²) in [6, 6.07) is 8.42. The number of carbonyl (C=O) groups excluding carboxylic acids is 1. The van der Waals surface area contributed by atoms with E-state index in [-0.39, 0.29) is 11.7 Å². The van der Waals surface area contributed by atoms with E-state index >= 15 is 0 Å². The van der Waals surface area contributed by atoms with Gasteiger partial charge in [0.05, 0.1) is 12.1 Å². The van der Waals surface area contributed by atoms with Gasteiger partial charge in [-0.2, -0.15) is 0 Å². The number of hydrogen-bond acceptors (Lipinski definition) is 3. The Bertz CT molecular complexity index is 603. The summed E-state index contributed by atoms with van der Waals surface area (Å²) < 4.78 is 1.64. The standard InChI is InChI=1S/C15H17N3O/c1-18-10-14(16-17-18)9-15(19)13-7-6-11-4-2-3-5-12(11)8-13/h2-5,10,13H,6-9H2,1H3. The van der Waals surface area contributed by atoms with Gasteiger partial charge in [-0.25, -0.2) is 0 Å². The maximum absolute atomic E-state index is 12.3. The molecule has 1 aliphatic rings. The minimum absolute atomic E-state index is 0.136. The summed E-state index contributed by atoms with van der Waals surface area (Å²) >= 11 is 0. The van der Waals surface area contributed by atoms with Crippen LogP contribution in [-0.4, -0.2) is 20.8 Å². The summed E-state index contributed by atoms with van der Waals surface area (Å²) in [7, 11) is 1.82. The molecule has 1 aliphatic carbocycles. The average molecular weight is 255 g/mol. The summed E-state index contributed by atoms with van der Waals surface area (Å²) in [5, 5.41) is 7.85. The predicted molar refractivity (Wildman–Crippen MR) is 71.7 cm³/mol. The highest BCUT2D eigenvalue weighted by Gasteiger charge is 2.24. The number of benzene rings is 1. The molecule has 0 radical (unpaired) electrons. The number of aryl methyl sites for hydroxylation is 2. The molecule has 98 valence electrons. The van der Waals surface area contributed by atoms with Crippen molar-refractivity contribution in [2.24, 2.45) is 13.0 Å². The normalized spacial score (nSPS) is 18.1. The van der Waals surface area contributed by atoms with Gasteiger partial charge in [0.15, 0.2) is 0 Å². The van der Waals surface area contributed by atoms with Crippen LogP contribution in [0.15, 0.2) is 30.5 Å². The van der Waals surface area contributed by atoms with Gasteiger partial charge in [0, 0.05) is 19.2 Å². The number of carbonyl (C=O) groups is 1. The maximum atomic E-state index is 12.3. The minimum Gasteiger partial charge on any atom is -0.299 e. The van der Waals surface area contributed by atoms with Crippen molar-refractivity contribution in [3.8, 4) is 0 Å². The lowest BCUT2D eigenvalue weighted by Gasteiger charge is -2.23. The van der Waals surface area contributed by atoms with Crippen molar-refractivity contribution >= 4 is 5.78 Å². The molecule has 1 heterocycles. The van der Waals surface area contributed by atoms with Gasteiger partial charge in [0.1, 0.15) is 5.78 Å². The van der Waals surface area contributed by atoms with E-state index in [2.05, 4.69) is 28.5 Å². The van der Waals surface area contributed by atoms with Crippen LogP contribution in [0.2, 0.25) is 0 Å². The first kappa shape index (κ1) is 12.1. The van der Waals surface area contributed by atoms with Crippen LogP contribution in [0.4, 0.5) is 0 Å². The van der Waals surface area contributed by atoms with Crippen molar-refractivity contribution in [3.05, 3.63) is 47.3 Å². The molecule has 0 aliphatic heterocycles. The Hall–Kier alpha value is -1.97. The van der Waals surface area contributed by atoms with Gasteiger partial charge in [-0.05, 0) is 30.4 Å². The summed E-state index contributed by atoms with van der Waals surface area (Å²) in [4.78, 5) is 12.3. The Kier molecular flexibility index (Phi) is 3.15. The predicted octanol–water partition coefficient (Wildman–Crippen LogP) is 1.73. The van der Waals surface area contributed by atoms with Gasteiger partial charge in [0.2, 0.25) is 0 Å². The lowest BCUT2D eigenvalue weighted by atomic mass is 9.81. The van der Waals surface area contributed by atoms with Gasteiger partial charge < -0.3 is 0 Å². The van der Waals surface area contributed by atoms with Crippen LogP contribution in [0.3, 0.4) is 0 Å². The maximum Gasteiger partial charge on any atom is 0.142 e. The number of ketones is 1. The SMILES string of the molecule is Cn1cc(CC(=O)C2CCc3ccccc3C2)nn1. The molecule has 1 aromatic carbocycles. The highest BCUT2D eigenvalue weighted by atomic mass is 16.1. The fraction of sp³-hybridized carbons (Fsp3) is 0.400. The van der Waals surface area contributed by atoms with Gasteiger partial charge in [-0.15, -0.1) is 5.10 Å². The number of fused-ring (bicyclic) bond motifs is 1. The van der Waals surface area contributed by atoms with E-state index in [1.165, 1.54) is 11.1 Å². The molecular formula is C15H17N3O. The minimum atomic E-state index is 0.136. The molecule has 0 spiro atoms. The first-order valence-electron chi connectivity index (χ1n) is 6.67. The van der Waals surface area contributed by atoms with Gasteiger partial charge in [-0.1, -0.05) is 29.5 Å². The number of hydrogen-bond donors (Lipinski definition) is 0. The molecule has 0 amide bonds. The fourth-order valence-corrected chi connectivity index (χ4v) is 2.77. The van der Waals surface area contributed by atoms with Crippen LogP contribution in [-0.2, 0) is 31.1 Å². The third-order valence-electron chi connectivity index (χ3n) is 3.81. The highest BCUT2D eigenvalue weighted by Crippen LogP contribution is 2.26. The molecule has 1 aromatic heterocycles. The molecule has 0 N–H and O–H groups in total. The van der Waals surface area contributed by atoms with Crippen molar-refractivity contribution in [2.45, 2.75) is 25.7 Å². The van der Waals surface area contributed by atoms with E-state index in [1.807, 2.05) is 19.3 Å². The van der Waals surface area contributed by atoms with Crippen molar-refractivity contribution in [2.75, 3.05) is 0 Å². The largest absolute Gasteiger partial charge is 0.299 e.